The highest BCUT2D eigenvalue weighted by atomic mass is 15.2. The van der Waals surface area contributed by atoms with Crippen molar-refractivity contribution < 1.29 is 0 Å². The molecule has 1 aliphatic carbocycles. The van der Waals surface area contributed by atoms with Crippen LogP contribution in [-0.2, 0) is 0 Å². The summed E-state index contributed by atoms with van der Waals surface area (Å²) in [5.74, 6) is 1.78. The van der Waals surface area contributed by atoms with Crippen LogP contribution in [0.1, 0.15) is 32.1 Å². The molecule has 4 heteroatoms. The SMILES string of the molecule is CN(c1ccccc1)c1cc(NCCC2=CCCCC2)ncn1. The Balaban J connectivity index is 1.60. The van der Waals surface area contributed by atoms with Crippen molar-refractivity contribution in [1.29, 1.82) is 0 Å². The number of rotatable bonds is 6. The van der Waals surface area contributed by atoms with Crippen LogP contribution in [0.3, 0.4) is 0 Å². The van der Waals surface area contributed by atoms with Gasteiger partial charge >= 0.3 is 0 Å². The van der Waals surface area contributed by atoms with Gasteiger partial charge in [-0.1, -0.05) is 29.8 Å². The first-order valence-electron chi connectivity index (χ1n) is 8.35. The smallest absolute Gasteiger partial charge is 0.138 e. The van der Waals surface area contributed by atoms with E-state index in [1.54, 1.807) is 11.9 Å². The van der Waals surface area contributed by atoms with Gasteiger partial charge in [0.15, 0.2) is 0 Å². The van der Waals surface area contributed by atoms with Crippen LogP contribution in [0.25, 0.3) is 0 Å². The summed E-state index contributed by atoms with van der Waals surface area (Å²) in [7, 11) is 2.02. The van der Waals surface area contributed by atoms with Gasteiger partial charge in [-0.05, 0) is 44.2 Å². The van der Waals surface area contributed by atoms with Gasteiger partial charge in [0, 0.05) is 25.3 Å². The van der Waals surface area contributed by atoms with E-state index in [1.807, 2.05) is 31.3 Å². The number of anilines is 3. The Morgan fingerprint density at radius 1 is 1.13 bits per heavy atom. The predicted molar refractivity (Wildman–Crippen MR) is 96.2 cm³/mol. The second kappa shape index (κ2) is 7.77. The molecular formula is C19H24N4. The lowest BCUT2D eigenvalue weighted by Crippen LogP contribution is -2.12. The van der Waals surface area contributed by atoms with Crippen molar-refractivity contribution in [3.63, 3.8) is 0 Å². The Morgan fingerprint density at radius 3 is 2.78 bits per heavy atom. The highest BCUT2D eigenvalue weighted by Crippen LogP contribution is 2.23. The van der Waals surface area contributed by atoms with E-state index in [2.05, 4.69) is 38.4 Å². The van der Waals surface area contributed by atoms with Gasteiger partial charge in [-0.15, -0.1) is 0 Å². The molecule has 0 aliphatic heterocycles. The van der Waals surface area contributed by atoms with Crippen molar-refractivity contribution in [2.24, 2.45) is 0 Å². The van der Waals surface area contributed by atoms with Crippen LogP contribution in [0.4, 0.5) is 17.3 Å². The monoisotopic (exact) mass is 308 g/mol. The minimum atomic E-state index is 0.884. The zero-order valence-corrected chi connectivity index (χ0v) is 13.7. The Morgan fingerprint density at radius 2 is 2.00 bits per heavy atom. The van der Waals surface area contributed by atoms with Crippen molar-refractivity contribution in [3.8, 4) is 0 Å². The molecule has 4 nitrogen and oxygen atoms in total. The molecule has 3 rings (SSSR count). The Bertz CT molecular complexity index is 651. The molecule has 0 saturated carbocycles. The van der Waals surface area contributed by atoms with Crippen LogP contribution in [0.2, 0.25) is 0 Å². The fraction of sp³-hybridized carbons (Fsp3) is 0.368. The maximum atomic E-state index is 4.38. The number of hydrogen-bond acceptors (Lipinski definition) is 4. The van der Waals surface area contributed by atoms with Crippen LogP contribution >= 0.6 is 0 Å². The van der Waals surface area contributed by atoms with E-state index < -0.39 is 0 Å². The molecule has 1 aromatic heterocycles. The van der Waals surface area contributed by atoms with Crippen molar-refractivity contribution >= 4 is 17.3 Å². The Labute approximate surface area is 138 Å². The number of aromatic nitrogens is 2. The highest BCUT2D eigenvalue weighted by Gasteiger charge is 2.07. The normalized spacial score (nSPS) is 14.2. The molecule has 0 amide bonds. The van der Waals surface area contributed by atoms with Crippen LogP contribution in [0.15, 0.2) is 54.4 Å². The lowest BCUT2D eigenvalue weighted by atomic mass is 9.97. The number of nitrogens with zero attached hydrogens (tertiary/aromatic N) is 3. The average Bonchev–Trinajstić information content (AvgIpc) is 2.63. The van der Waals surface area contributed by atoms with E-state index in [9.17, 15) is 0 Å². The lowest BCUT2D eigenvalue weighted by molar-refractivity contribution is 0.679. The average molecular weight is 308 g/mol. The van der Waals surface area contributed by atoms with Crippen LogP contribution in [0, 0.1) is 0 Å². The Hall–Kier alpha value is -2.36. The standard InChI is InChI=1S/C19H24N4/c1-23(17-10-6-3-7-11-17)19-14-18(21-15-22-19)20-13-12-16-8-4-2-5-9-16/h3,6-8,10-11,14-15H,2,4-5,9,12-13H2,1H3,(H,20,21,22). The summed E-state index contributed by atoms with van der Waals surface area (Å²) in [4.78, 5) is 10.8. The fourth-order valence-corrected chi connectivity index (χ4v) is 2.89. The number of nitrogens with one attached hydrogen (secondary N) is 1. The molecule has 2 aromatic rings. The van der Waals surface area contributed by atoms with Crippen molar-refractivity contribution in [1.82, 2.24) is 9.97 Å². The number of para-hydroxylation sites is 1. The number of allylic oxidation sites excluding steroid dienone is 1. The van der Waals surface area contributed by atoms with Gasteiger partial charge in [-0.3, -0.25) is 0 Å². The van der Waals surface area contributed by atoms with E-state index in [-0.39, 0.29) is 0 Å². The van der Waals surface area contributed by atoms with E-state index >= 15 is 0 Å². The van der Waals surface area contributed by atoms with Gasteiger partial charge in [0.25, 0.3) is 0 Å². The van der Waals surface area contributed by atoms with Gasteiger partial charge in [0.1, 0.15) is 18.0 Å². The first kappa shape index (κ1) is 15.5. The van der Waals surface area contributed by atoms with E-state index in [0.717, 1.165) is 30.3 Å². The highest BCUT2D eigenvalue weighted by molar-refractivity contribution is 5.61. The third-order valence-electron chi connectivity index (χ3n) is 4.28. The van der Waals surface area contributed by atoms with Gasteiger partial charge in [-0.25, -0.2) is 9.97 Å². The molecule has 1 heterocycles. The van der Waals surface area contributed by atoms with Crippen LogP contribution in [0.5, 0.6) is 0 Å². The summed E-state index contributed by atoms with van der Waals surface area (Å²) in [5, 5.41) is 3.42. The molecule has 23 heavy (non-hydrogen) atoms. The Kier molecular flexibility index (Phi) is 5.25. The van der Waals surface area contributed by atoms with Crippen LogP contribution < -0.4 is 10.2 Å². The van der Waals surface area contributed by atoms with Crippen molar-refractivity contribution in [2.75, 3.05) is 23.8 Å². The number of hydrogen-bond donors (Lipinski definition) is 1. The van der Waals surface area contributed by atoms with Gasteiger partial charge in [-0.2, -0.15) is 0 Å². The summed E-state index contributed by atoms with van der Waals surface area (Å²) >= 11 is 0. The molecule has 0 fully saturated rings. The molecule has 1 N–H and O–H groups in total. The number of benzene rings is 1. The first-order chi connectivity index (χ1) is 11.3. The summed E-state index contributed by atoms with van der Waals surface area (Å²) in [5.41, 5.74) is 2.70. The van der Waals surface area contributed by atoms with E-state index in [0.29, 0.717) is 0 Å². The first-order valence-corrected chi connectivity index (χ1v) is 8.35. The summed E-state index contributed by atoms with van der Waals surface area (Å²) in [6.07, 6.45) is 10.3. The molecule has 0 saturated heterocycles. The third kappa shape index (κ3) is 4.31. The van der Waals surface area contributed by atoms with Crippen LogP contribution in [-0.4, -0.2) is 23.6 Å². The molecule has 1 aromatic carbocycles. The topological polar surface area (TPSA) is 41.0 Å². The van der Waals surface area contributed by atoms with E-state index in [4.69, 9.17) is 0 Å². The second-order valence-electron chi connectivity index (χ2n) is 5.94. The van der Waals surface area contributed by atoms with Gasteiger partial charge in [0.05, 0.1) is 0 Å². The molecule has 120 valence electrons. The predicted octanol–water partition coefficient (Wildman–Crippen LogP) is 4.55. The van der Waals surface area contributed by atoms with Crippen molar-refractivity contribution in [3.05, 3.63) is 54.4 Å². The minimum Gasteiger partial charge on any atom is -0.370 e. The van der Waals surface area contributed by atoms with Crippen molar-refractivity contribution in [2.45, 2.75) is 32.1 Å². The zero-order chi connectivity index (χ0) is 15.9. The lowest BCUT2D eigenvalue weighted by Gasteiger charge is -2.19. The zero-order valence-electron chi connectivity index (χ0n) is 13.7. The van der Waals surface area contributed by atoms with E-state index in [1.165, 1.54) is 25.7 Å². The fourth-order valence-electron chi connectivity index (χ4n) is 2.89. The molecule has 0 bridgehead atoms. The minimum absolute atomic E-state index is 0.884. The molecule has 0 atom stereocenters. The second-order valence-corrected chi connectivity index (χ2v) is 5.94. The molecular weight excluding hydrogens is 284 g/mol. The third-order valence-corrected chi connectivity index (χ3v) is 4.28. The molecule has 0 spiro atoms. The van der Waals surface area contributed by atoms with Gasteiger partial charge in [0.2, 0.25) is 0 Å². The maximum Gasteiger partial charge on any atom is 0.138 e. The quantitative estimate of drug-likeness (QED) is 0.795. The summed E-state index contributed by atoms with van der Waals surface area (Å²) < 4.78 is 0. The molecule has 0 radical (unpaired) electrons. The largest absolute Gasteiger partial charge is 0.370 e. The molecule has 0 unspecified atom stereocenters. The molecule has 1 aliphatic rings. The van der Waals surface area contributed by atoms with Gasteiger partial charge < -0.3 is 10.2 Å². The summed E-state index contributed by atoms with van der Waals surface area (Å²) in [6, 6.07) is 12.2. The maximum absolute atomic E-state index is 4.38. The summed E-state index contributed by atoms with van der Waals surface area (Å²) in [6.45, 7) is 0.928.